The van der Waals surface area contributed by atoms with Gasteiger partial charge >= 0.3 is 6.03 Å². The first kappa shape index (κ1) is 20.0. The van der Waals surface area contributed by atoms with Gasteiger partial charge in [-0.25, -0.2) is 9.78 Å². The number of halogens is 1. The normalized spacial score (nSPS) is 12.8. The maximum absolute atomic E-state index is 12.1. The molecule has 1 aromatic carbocycles. The van der Waals surface area contributed by atoms with Crippen LogP contribution in [0.3, 0.4) is 0 Å². The molecule has 0 unspecified atom stereocenters. The lowest BCUT2D eigenvalue weighted by Gasteiger charge is -2.12. The van der Waals surface area contributed by atoms with Gasteiger partial charge in [-0.3, -0.25) is 0 Å². The van der Waals surface area contributed by atoms with Crippen LogP contribution in [0.5, 0.6) is 17.4 Å². The Labute approximate surface area is 168 Å². The third kappa shape index (κ3) is 5.64. The first-order valence-corrected chi connectivity index (χ1v) is 9.24. The second kappa shape index (κ2) is 10.0. The molecule has 0 atom stereocenters. The average Bonchev–Trinajstić information content (AvgIpc) is 2.94. The molecule has 0 radical (unpaired) electrons. The summed E-state index contributed by atoms with van der Waals surface area (Å²) < 4.78 is 21.5. The number of carbonyl (C=O) groups is 1. The topological polar surface area (TPSA) is 90.9 Å². The Morgan fingerprint density at radius 3 is 2.89 bits per heavy atom. The molecule has 1 aromatic heterocycles. The van der Waals surface area contributed by atoms with E-state index in [4.69, 9.17) is 30.5 Å². The second-order valence-electron chi connectivity index (χ2n) is 5.99. The van der Waals surface area contributed by atoms with Crippen LogP contribution in [0.4, 0.5) is 10.5 Å². The largest absolute Gasteiger partial charge is 0.489 e. The van der Waals surface area contributed by atoms with Crippen LogP contribution in [0.25, 0.3) is 0 Å². The van der Waals surface area contributed by atoms with Crippen LogP contribution in [0.15, 0.2) is 30.5 Å². The number of anilines is 1. The number of nitrogens with one attached hydrogen (secondary N) is 2. The van der Waals surface area contributed by atoms with Gasteiger partial charge in [0.1, 0.15) is 6.61 Å². The molecule has 150 valence electrons. The van der Waals surface area contributed by atoms with E-state index in [2.05, 4.69) is 15.6 Å². The van der Waals surface area contributed by atoms with Crippen LogP contribution in [-0.2, 0) is 11.3 Å². The fraction of sp³-hybridized carbons (Fsp3) is 0.368. The highest BCUT2D eigenvalue weighted by molar-refractivity contribution is 6.32. The summed E-state index contributed by atoms with van der Waals surface area (Å²) in [6.45, 7) is 2.31. The van der Waals surface area contributed by atoms with Gasteiger partial charge < -0.3 is 29.6 Å². The lowest BCUT2D eigenvalue weighted by molar-refractivity contribution is 0.144. The number of ether oxygens (including phenoxy) is 4. The van der Waals surface area contributed by atoms with E-state index >= 15 is 0 Å². The molecule has 2 N–H and O–H groups in total. The molecule has 3 rings (SSSR count). The van der Waals surface area contributed by atoms with Crippen molar-refractivity contribution in [2.45, 2.75) is 13.0 Å². The van der Waals surface area contributed by atoms with Crippen molar-refractivity contribution in [3.63, 3.8) is 0 Å². The van der Waals surface area contributed by atoms with E-state index < -0.39 is 0 Å². The molecule has 1 aliphatic heterocycles. The van der Waals surface area contributed by atoms with Crippen LogP contribution in [0.2, 0.25) is 5.02 Å². The molecule has 0 saturated heterocycles. The van der Waals surface area contributed by atoms with E-state index in [1.165, 1.54) is 6.20 Å². The Bertz CT molecular complexity index is 801. The minimum Gasteiger partial charge on any atom is -0.489 e. The molecule has 0 bridgehead atoms. The van der Waals surface area contributed by atoms with E-state index in [-0.39, 0.29) is 12.6 Å². The number of hydrogen-bond donors (Lipinski definition) is 2. The molecule has 1 aliphatic rings. The molecule has 2 aromatic rings. The molecule has 0 fully saturated rings. The van der Waals surface area contributed by atoms with Gasteiger partial charge in [-0.15, -0.1) is 0 Å². The molecular weight excluding hydrogens is 386 g/mol. The second-order valence-corrected chi connectivity index (χ2v) is 6.40. The molecule has 2 amide bonds. The molecular formula is C19H22ClN3O5. The van der Waals surface area contributed by atoms with E-state index in [9.17, 15) is 4.79 Å². The minimum absolute atomic E-state index is 0.286. The summed E-state index contributed by atoms with van der Waals surface area (Å²) in [7, 11) is 1.60. The van der Waals surface area contributed by atoms with Crippen molar-refractivity contribution in [2.75, 3.05) is 38.9 Å². The number of fused-ring (bicyclic) bond motifs is 1. The van der Waals surface area contributed by atoms with Crippen molar-refractivity contribution in [3.05, 3.63) is 41.0 Å². The number of amides is 2. The molecule has 0 aliphatic carbocycles. The fourth-order valence-corrected chi connectivity index (χ4v) is 2.80. The summed E-state index contributed by atoms with van der Waals surface area (Å²) in [6.07, 6.45) is 2.32. The van der Waals surface area contributed by atoms with Gasteiger partial charge in [-0.1, -0.05) is 11.6 Å². The first-order valence-electron chi connectivity index (χ1n) is 8.86. The third-order valence-electron chi connectivity index (χ3n) is 3.85. The molecule has 0 spiro atoms. The summed E-state index contributed by atoms with van der Waals surface area (Å²) in [6, 6.07) is 6.59. The van der Waals surface area contributed by atoms with Crippen molar-refractivity contribution in [1.82, 2.24) is 10.3 Å². The average molecular weight is 408 g/mol. The minimum atomic E-state index is -0.363. The van der Waals surface area contributed by atoms with Gasteiger partial charge in [0.2, 0.25) is 5.88 Å². The SMILES string of the molecule is COCCOc1ccc(NC(=O)NCc2cc(Cl)c3c(c2)OCCCO3)cn1. The zero-order valence-corrected chi connectivity index (χ0v) is 16.3. The van der Waals surface area contributed by atoms with Crippen molar-refractivity contribution >= 4 is 23.3 Å². The summed E-state index contributed by atoms with van der Waals surface area (Å²) in [4.78, 5) is 16.2. The van der Waals surface area contributed by atoms with Gasteiger partial charge in [-0.05, 0) is 23.8 Å². The van der Waals surface area contributed by atoms with Crippen LogP contribution < -0.4 is 24.8 Å². The maximum Gasteiger partial charge on any atom is 0.319 e. The zero-order chi connectivity index (χ0) is 19.8. The number of methoxy groups -OCH3 is 1. The van der Waals surface area contributed by atoms with E-state index in [1.807, 2.05) is 6.07 Å². The summed E-state index contributed by atoms with van der Waals surface area (Å²) in [5.74, 6) is 1.60. The van der Waals surface area contributed by atoms with Crippen molar-refractivity contribution in [2.24, 2.45) is 0 Å². The standard InChI is InChI=1S/C19H22ClN3O5/c1-25-7-8-27-17-4-3-14(12-21-17)23-19(24)22-11-13-9-15(20)18-16(10-13)26-5-2-6-28-18/h3-4,9-10,12H,2,5-8,11H2,1H3,(H2,22,23,24). The van der Waals surface area contributed by atoms with E-state index in [0.717, 1.165) is 12.0 Å². The number of benzene rings is 1. The Kier molecular flexibility index (Phi) is 7.16. The number of aromatic nitrogens is 1. The Morgan fingerprint density at radius 1 is 1.25 bits per heavy atom. The van der Waals surface area contributed by atoms with Crippen molar-refractivity contribution < 1.29 is 23.7 Å². The highest BCUT2D eigenvalue weighted by Crippen LogP contribution is 2.37. The van der Waals surface area contributed by atoms with Gasteiger partial charge in [0.25, 0.3) is 0 Å². The smallest absolute Gasteiger partial charge is 0.319 e. The first-order chi connectivity index (χ1) is 13.7. The number of rotatable bonds is 7. The Hall–Kier alpha value is -2.71. The summed E-state index contributed by atoms with van der Waals surface area (Å²) >= 11 is 6.26. The van der Waals surface area contributed by atoms with Gasteiger partial charge in [0, 0.05) is 26.1 Å². The third-order valence-corrected chi connectivity index (χ3v) is 4.13. The van der Waals surface area contributed by atoms with E-state index in [1.54, 1.807) is 25.3 Å². The highest BCUT2D eigenvalue weighted by atomic mass is 35.5. The monoisotopic (exact) mass is 407 g/mol. The quantitative estimate of drug-likeness (QED) is 0.685. The summed E-state index contributed by atoms with van der Waals surface area (Å²) in [5.41, 5.74) is 1.36. The van der Waals surface area contributed by atoms with Crippen LogP contribution in [-0.4, -0.2) is 44.6 Å². The number of pyridine rings is 1. The van der Waals surface area contributed by atoms with Gasteiger partial charge in [0.15, 0.2) is 11.5 Å². The fourth-order valence-electron chi connectivity index (χ4n) is 2.51. The molecule has 2 heterocycles. The maximum atomic E-state index is 12.1. The molecule has 0 saturated carbocycles. The zero-order valence-electron chi connectivity index (χ0n) is 15.5. The highest BCUT2D eigenvalue weighted by Gasteiger charge is 2.16. The molecule has 9 heteroatoms. The number of urea groups is 1. The van der Waals surface area contributed by atoms with Gasteiger partial charge in [0.05, 0.1) is 36.7 Å². The van der Waals surface area contributed by atoms with Crippen LogP contribution >= 0.6 is 11.6 Å². The molecule has 8 nitrogen and oxygen atoms in total. The van der Waals surface area contributed by atoms with Gasteiger partial charge in [-0.2, -0.15) is 0 Å². The molecule has 28 heavy (non-hydrogen) atoms. The van der Waals surface area contributed by atoms with E-state index in [0.29, 0.717) is 54.5 Å². The van der Waals surface area contributed by atoms with Crippen molar-refractivity contribution in [1.29, 1.82) is 0 Å². The lowest BCUT2D eigenvalue weighted by atomic mass is 10.2. The number of hydrogen-bond acceptors (Lipinski definition) is 6. The summed E-state index contributed by atoms with van der Waals surface area (Å²) in [5, 5.41) is 5.95. The predicted molar refractivity (Wildman–Crippen MR) is 105 cm³/mol. The number of nitrogens with zero attached hydrogens (tertiary/aromatic N) is 1. The van der Waals surface area contributed by atoms with Crippen LogP contribution in [0, 0.1) is 0 Å². The Balaban J connectivity index is 1.51. The number of carbonyl (C=O) groups excluding carboxylic acids is 1. The van der Waals surface area contributed by atoms with Crippen LogP contribution in [0.1, 0.15) is 12.0 Å². The predicted octanol–water partition coefficient (Wildman–Crippen LogP) is 3.24. The lowest BCUT2D eigenvalue weighted by Crippen LogP contribution is -2.28. The Morgan fingerprint density at radius 2 is 2.11 bits per heavy atom. The van der Waals surface area contributed by atoms with Crippen molar-refractivity contribution in [3.8, 4) is 17.4 Å².